The largest absolute Gasteiger partial charge is 0.581 e. The molecule has 0 radical (unpaired) electrons. The van der Waals surface area contributed by atoms with Gasteiger partial charge in [0.2, 0.25) is 0 Å². The highest BCUT2D eigenvalue weighted by molar-refractivity contribution is 6.63. The zero-order valence-electron chi connectivity index (χ0n) is 13.2. The molecule has 3 nitrogen and oxygen atoms in total. The highest BCUT2D eigenvalue weighted by Crippen LogP contribution is 2.52. The van der Waals surface area contributed by atoms with Gasteiger partial charge in [-0.3, -0.25) is 0 Å². The van der Waals surface area contributed by atoms with Crippen molar-refractivity contribution in [2.45, 2.75) is 49.0 Å². The molecule has 0 fully saturated rings. The van der Waals surface area contributed by atoms with Crippen molar-refractivity contribution in [2.75, 3.05) is 21.3 Å². The number of alkyl halides is 10. The SMILES string of the molecule is CO[Si](OC)(OC)C(F)(F)C(F)(F)C(F)(F)C(F)CCCC(F)(F)F. The third-order valence-corrected chi connectivity index (χ3v) is 6.01. The van der Waals surface area contributed by atoms with Crippen LogP contribution in [0.3, 0.4) is 0 Å². The average Bonchev–Trinajstić information content (AvgIpc) is 2.47. The molecule has 0 N–H and O–H groups in total. The Labute approximate surface area is 137 Å². The van der Waals surface area contributed by atoms with E-state index in [0.29, 0.717) is 21.3 Å². The van der Waals surface area contributed by atoms with Gasteiger partial charge in [0.05, 0.1) is 0 Å². The summed E-state index contributed by atoms with van der Waals surface area (Å²) in [6, 6.07) is 0. The van der Waals surface area contributed by atoms with Gasteiger partial charge in [0.1, 0.15) is 0 Å². The van der Waals surface area contributed by atoms with Crippen LogP contribution in [-0.2, 0) is 13.3 Å². The molecule has 0 heterocycles. The lowest BCUT2D eigenvalue weighted by Gasteiger charge is -2.39. The van der Waals surface area contributed by atoms with E-state index in [4.69, 9.17) is 0 Å². The van der Waals surface area contributed by atoms with Crippen molar-refractivity contribution in [3.8, 4) is 0 Å². The third kappa shape index (κ3) is 4.57. The molecule has 0 spiro atoms. The lowest BCUT2D eigenvalue weighted by atomic mass is 10.0. The maximum Gasteiger partial charge on any atom is 0.581 e. The van der Waals surface area contributed by atoms with Crippen LogP contribution in [0.2, 0.25) is 0 Å². The molecular formula is C11H16F10O3Si. The topological polar surface area (TPSA) is 27.7 Å². The molecule has 1 atom stereocenters. The first-order valence-corrected chi connectivity index (χ1v) is 8.28. The lowest BCUT2D eigenvalue weighted by Crippen LogP contribution is -2.72. The minimum atomic E-state index is -6.36. The first kappa shape index (κ1) is 24.4. The number of hydrogen-bond donors (Lipinski definition) is 0. The van der Waals surface area contributed by atoms with E-state index in [2.05, 4.69) is 13.3 Å². The highest BCUT2D eigenvalue weighted by atomic mass is 28.4. The molecule has 0 aromatic carbocycles. The van der Waals surface area contributed by atoms with Gasteiger partial charge in [-0.25, -0.2) is 4.39 Å². The normalized spacial score (nSPS) is 16.2. The van der Waals surface area contributed by atoms with Crippen molar-refractivity contribution in [1.82, 2.24) is 0 Å². The number of hydrogen-bond acceptors (Lipinski definition) is 3. The van der Waals surface area contributed by atoms with E-state index in [0.717, 1.165) is 0 Å². The second-order valence-corrected chi connectivity index (χ2v) is 7.88. The second-order valence-electron chi connectivity index (χ2n) is 4.92. The van der Waals surface area contributed by atoms with Crippen LogP contribution in [0.4, 0.5) is 43.9 Å². The Kier molecular flexibility index (Phi) is 7.77. The van der Waals surface area contributed by atoms with Crippen LogP contribution in [0, 0.1) is 0 Å². The Balaban J connectivity index is 5.56. The van der Waals surface area contributed by atoms with Crippen molar-refractivity contribution in [2.24, 2.45) is 0 Å². The number of halogens is 10. The van der Waals surface area contributed by atoms with Crippen molar-refractivity contribution in [3.05, 3.63) is 0 Å². The first-order valence-electron chi connectivity index (χ1n) is 6.56. The Hall–Kier alpha value is -0.603. The Morgan fingerprint density at radius 3 is 1.52 bits per heavy atom. The molecule has 152 valence electrons. The summed E-state index contributed by atoms with van der Waals surface area (Å²) in [5.74, 6) is -12.4. The predicted octanol–water partition coefficient (Wildman–Crippen LogP) is 4.38. The molecule has 0 aliphatic heterocycles. The zero-order chi connectivity index (χ0) is 20.3. The fourth-order valence-electron chi connectivity index (χ4n) is 1.90. The smallest absolute Gasteiger partial charge is 0.373 e. The second kappa shape index (κ2) is 7.96. The lowest BCUT2D eigenvalue weighted by molar-refractivity contribution is -0.314. The summed E-state index contributed by atoms with van der Waals surface area (Å²) in [5.41, 5.74) is -5.77. The van der Waals surface area contributed by atoms with Crippen LogP contribution >= 0.6 is 0 Å². The van der Waals surface area contributed by atoms with Crippen molar-refractivity contribution < 1.29 is 57.2 Å². The Morgan fingerprint density at radius 2 is 1.20 bits per heavy atom. The minimum absolute atomic E-state index is 0.442. The van der Waals surface area contributed by atoms with Crippen LogP contribution in [0.1, 0.15) is 19.3 Å². The van der Waals surface area contributed by atoms with Crippen molar-refractivity contribution in [1.29, 1.82) is 0 Å². The van der Waals surface area contributed by atoms with Gasteiger partial charge in [0, 0.05) is 27.8 Å². The first-order chi connectivity index (χ1) is 11.1. The molecule has 0 aliphatic carbocycles. The van der Waals surface area contributed by atoms with Gasteiger partial charge < -0.3 is 13.3 Å². The van der Waals surface area contributed by atoms with Gasteiger partial charge in [-0.2, -0.15) is 39.5 Å². The van der Waals surface area contributed by atoms with Crippen molar-refractivity contribution >= 4 is 8.80 Å². The maximum absolute atomic E-state index is 14.0. The fourth-order valence-corrected chi connectivity index (χ4v) is 3.72. The van der Waals surface area contributed by atoms with Gasteiger partial charge in [0.25, 0.3) is 0 Å². The van der Waals surface area contributed by atoms with Gasteiger partial charge in [-0.15, -0.1) is 0 Å². The van der Waals surface area contributed by atoms with Gasteiger partial charge >= 0.3 is 32.4 Å². The van der Waals surface area contributed by atoms with Crippen LogP contribution in [0.25, 0.3) is 0 Å². The van der Waals surface area contributed by atoms with E-state index in [-0.39, 0.29) is 0 Å². The van der Waals surface area contributed by atoms with E-state index >= 15 is 0 Å². The summed E-state index contributed by atoms with van der Waals surface area (Å²) in [5, 5.41) is 0. The van der Waals surface area contributed by atoms with E-state index in [1.807, 2.05) is 0 Å². The molecule has 1 unspecified atom stereocenters. The molecule has 25 heavy (non-hydrogen) atoms. The Morgan fingerprint density at radius 1 is 0.800 bits per heavy atom. The van der Waals surface area contributed by atoms with Crippen LogP contribution < -0.4 is 0 Å². The standard InChI is InChI=1S/C11H16F10O3Si/c1-22-25(23-2,24-3)11(20,21)10(18,19)9(16,17)7(12)5-4-6-8(13,14)15/h7H,4-6H2,1-3H3. The molecule has 0 bridgehead atoms. The quantitative estimate of drug-likeness (QED) is 0.392. The molecule has 0 aliphatic rings. The van der Waals surface area contributed by atoms with Gasteiger partial charge in [-0.1, -0.05) is 0 Å². The van der Waals surface area contributed by atoms with Crippen LogP contribution in [-0.4, -0.2) is 59.9 Å². The summed E-state index contributed by atoms with van der Waals surface area (Å²) in [6.45, 7) is 0. The van der Waals surface area contributed by atoms with Crippen LogP contribution in [0.5, 0.6) is 0 Å². The van der Waals surface area contributed by atoms with E-state index in [9.17, 15) is 43.9 Å². The number of rotatable bonds is 10. The fraction of sp³-hybridized carbons (Fsp3) is 1.00. The van der Waals surface area contributed by atoms with Crippen molar-refractivity contribution in [3.63, 3.8) is 0 Å². The molecular weight excluding hydrogens is 398 g/mol. The molecule has 0 saturated heterocycles. The van der Waals surface area contributed by atoms with Gasteiger partial charge in [-0.05, 0) is 12.8 Å². The Bertz CT molecular complexity index is 417. The predicted molar refractivity (Wildman–Crippen MR) is 66.4 cm³/mol. The molecule has 0 rings (SSSR count). The monoisotopic (exact) mass is 414 g/mol. The third-order valence-electron chi connectivity index (χ3n) is 3.31. The molecule has 0 saturated carbocycles. The summed E-state index contributed by atoms with van der Waals surface area (Å²) in [6.07, 6.45) is -13.5. The summed E-state index contributed by atoms with van der Waals surface area (Å²) >= 11 is 0. The zero-order valence-corrected chi connectivity index (χ0v) is 14.2. The van der Waals surface area contributed by atoms with E-state index < -0.39 is 57.8 Å². The molecule has 0 amide bonds. The molecule has 0 aromatic rings. The van der Waals surface area contributed by atoms with Gasteiger partial charge in [0.15, 0.2) is 6.17 Å². The summed E-state index contributed by atoms with van der Waals surface area (Å²) in [4.78, 5) is 0. The highest BCUT2D eigenvalue weighted by Gasteiger charge is 2.85. The molecule has 0 aromatic heterocycles. The maximum atomic E-state index is 14.0. The summed E-state index contributed by atoms with van der Waals surface area (Å²) in [7, 11) is -4.38. The van der Waals surface area contributed by atoms with Crippen LogP contribution in [0.15, 0.2) is 0 Å². The minimum Gasteiger partial charge on any atom is -0.373 e. The molecule has 14 heteroatoms. The van der Waals surface area contributed by atoms with E-state index in [1.54, 1.807) is 0 Å². The average molecular weight is 414 g/mol. The summed E-state index contributed by atoms with van der Waals surface area (Å²) < 4.78 is 144. The van der Waals surface area contributed by atoms with E-state index in [1.165, 1.54) is 0 Å².